The molecule has 0 radical (unpaired) electrons. The normalized spacial score (nSPS) is 13.3. The fraction of sp³-hybridized carbons (Fsp3) is 0.467. The average molecular weight is 290 g/mol. The topological polar surface area (TPSA) is 75.7 Å². The maximum atomic E-state index is 11.8. The molecule has 1 aliphatic carbocycles. The Balaban J connectivity index is 2.51. The number of carbonyl (C=O) groups is 2. The summed E-state index contributed by atoms with van der Waals surface area (Å²) in [6.07, 6.45) is 2.50. The molecule has 21 heavy (non-hydrogen) atoms. The van der Waals surface area contributed by atoms with Crippen LogP contribution < -0.4 is 20.2 Å². The SMILES string of the molecule is CNC(=O)N(C)c1ccc(N(C)C(=O)[O-])c2c1CCCC2. The van der Waals surface area contributed by atoms with Gasteiger partial charge in [0.15, 0.2) is 0 Å². The number of urea groups is 1. The Labute approximate surface area is 124 Å². The lowest BCUT2D eigenvalue weighted by Crippen LogP contribution is -2.39. The molecule has 0 atom stereocenters. The van der Waals surface area contributed by atoms with Crippen molar-refractivity contribution in [3.63, 3.8) is 0 Å². The minimum absolute atomic E-state index is 0.191. The summed E-state index contributed by atoms with van der Waals surface area (Å²) in [6, 6.07) is 3.35. The molecular weight excluding hydrogens is 270 g/mol. The van der Waals surface area contributed by atoms with Gasteiger partial charge in [-0.3, -0.25) is 4.90 Å². The number of amides is 3. The summed E-state index contributed by atoms with van der Waals surface area (Å²) < 4.78 is 0. The molecule has 0 saturated heterocycles. The molecule has 0 aliphatic heterocycles. The van der Waals surface area contributed by atoms with Crippen molar-refractivity contribution >= 4 is 23.5 Å². The van der Waals surface area contributed by atoms with Crippen molar-refractivity contribution in [1.82, 2.24) is 5.32 Å². The summed E-state index contributed by atoms with van der Waals surface area (Å²) in [5, 5.41) is 13.7. The number of benzene rings is 1. The van der Waals surface area contributed by atoms with Gasteiger partial charge in [-0.25, -0.2) is 4.79 Å². The molecule has 0 aromatic heterocycles. The number of anilines is 2. The summed E-state index contributed by atoms with van der Waals surface area (Å²) in [6.45, 7) is 0. The second kappa shape index (κ2) is 6.03. The van der Waals surface area contributed by atoms with Gasteiger partial charge in [-0.05, 0) is 48.9 Å². The molecule has 114 valence electrons. The molecule has 0 fully saturated rings. The van der Waals surface area contributed by atoms with E-state index in [9.17, 15) is 14.7 Å². The zero-order chi connectivity index (χ0) is 15.6. The van der Waals surface area contributed by atoms with E-state index in [1.807, 2.05) is 0 Å². The Morgan fingerprint density at radius 3 is 1.95 bits per heavy atom. The lowest BCUT2D eigenvalue weighted by molar-refractivity contribution is -0.246. The molecule has 1 aliphatic rings. The van der Waals surface area contributed by atoms with Crippen LogP contribution in [0.1, 0.15) is 24.0 Å². The minimum Gasteiger partial charge on any atom is -0.530 e. The van der Waals surface area contributed by atoms with Crippen LogP contribution in [0.3, 0.4) is 0 Å². The third kappa shape index (κ3) is 2.79. The zero-order valence-electron chi connectivity index (χ0n) is 12.6. The maximum absolute atomic E-state index is 11.8. The van der Waals surface area contributed by atoms with Gasteiger partial charge < -0.3 is 20.1 Å². The van der Waals surface area contributed by atoms with Crippen molar-refractivity contribution in [2.75, 3.05) is 30.9 Å². The number of nitrogens with one attached hydrogen (secondary N) is 1. The number of rotatable bonds is 2. The predicted molar refractivity (Wildman–Crippen MR) is 79.7 cm³/mol. The average Bonchev–Trinajstić information content (AvgIpc) is 2.51. The highest BCUT2D eigenvalue weighted by Crippen LogP contribution is 2.36. The van der Waals surface area contributed by atoms with E-state index in [0.29, 0.717) is 5.69 Å². The van der Waals surface area contributed by atoms with E-state index in [4.69, 9.17) is 0 Å². The monoisotopic (exact) mass is 290 g/mol. The van der Waals surface area contributed by atoms with E-state index < -0.39 is 6.09 Å². The smallest absolute Gasteiger partial charge is 0.321 e. The number of carbonyl (C=O) groups excluding carboxylic acids is 2. The third-order valence-electron chi connectivity index (χ3n) is 4.00. The van der Waals surface area contributed by atoms with E-state index in [0.717, 1.165) is 47.4 Å². The first-order chi connectivity index (χ1) is 9.97. The molecule has 0 unspecified atom stereocenters. The van der Waals surface area contributed by atoms with Crippen molar-refractivity contribution in [2.24, 2.45) is 0 Å². The van der Waals surface area contributed by atoms with Crippen molar-refractivity contribution < 1.29 is 14.7 Å². The van der Waals surface area contributed by atoms with Crippen LogP contribution in [0.15, 0.2) is 12.1 Å². The van der Waals surface area contributed by atoms with Gasteiger partial charge in [0.25, 0.3) is 0 Å². The van der Waals surface area contributed by atoms with Crippen molar-refractivity contribution in [2.45, 2.75) is 25.7 Å². The molecule has 6 heteroatoms. The molecular formula is C15H20N3O3-. The third-order valence-corrected chi connectivity index (χ3v) is 4.00. The van der Waals surface area contributed by atoms with Crippen LogP contribution >= 0.6 is 0 Å². The number of hydrogen-bond acceptors (Lipinski definition) is 3. The second-order valence-corrected chi connectivity index (χ2v) is 5.21. The number of fused-ring (bicyclic) bond motifs is 1. The Morgan fingerprint density at radius 2 is 1.52 bits per heavy atom. The summed E-state index contributed by atoms with van der Waals surface area (Å²) in [4.78, 5) is 25.6. The Bertz CT molecular complexity index is 572. The van der Waals surface area contributed by atoms with Crippen LogP contribution in [0, 0.1) is 0 Å². The van der Waals surface area contributed by atoms with E-state index in [-0.39, 0.29) is 6.03 Å². The second-order valence-electron chi connectivity index (χ2n) is 5.21. The predicted octanol–water partition coefficient (Wildman–Crippen LogP) is 1.12. The highest BCUT2D eigenvalue weighted by molar-refractivity contribution is 5.94. The summed E-state index contributed by atoms with van der Waals surface area (Å²) >= 11 is 0. The molecule has 0 spiro atoms. The van der Waals surface area contributed by atoms with Gasteiger partial charge in [0.1, 0.15) is 6.09 Å². The van der Waals surface area contributed by atoms with Crippen molar-refractivity contribution in [1.29, 1.82) is 0 Å². The molecule has 6 nitrogen and oxygen atoms in total. The summed E-state index contributed by atoms with van der Waals surface area (Å²) in [5.41, 5.74) is 3.54. The quantitative estimate of drug-likeness (QED) is 0.887. The van der Waals surface area contributed by atoms with Gasteiger partial charge in [-0.1, -0.05) is 0 Å². The molecule has 0 bridgehead atoms. The molecule has 1 N–H and O–H groups in total. The summed E-state index contributed by atoms with van der Waals surface area (Å²) in [7, 11) is 4.79. The first-order valence-electron chi connectivity index (χ1n) is 7.02. The first kappa shape index (κ1) is 15.2. The van der Waals surface area contributed by atoms with Crippen LogP contribution in [-0.4, -0.2) is 33.3 Å². The lowest BCUT2D eigenvalue weighted by atomic mass is 9.88. The fourth-order valence-electron chi connectivity index (χ4n) is 2.83. The molecule has 1 aromatic carbocycles. The van der Waals surface area contributed by atoms with Gasteiger partial charge in [-0.2, -0.15) is 0 Å². The minimum atomic E-state index is -1.23. The molecule has 2 rings (SSSR count). The Hall–Kier alpha value is -2.24. The van der Waals surface area contributed by atoms with Crippen LogP contribution in [0.4, 0.5) is 21.0 Å². The highest BCUT2D eigenvalue weighted by atomic mass is 16.4. The Kier molecular flexibility index (Phi) is 4.35. The van der Waals surface area contributed by atoms with Crippen LogP contribution in [0.25, 0.3) is 0 Å². The standard InChI is InChI=1S/C15H21N3O3/c1-16-14(19)17(2)12-8-9-13(18(3)15(20)21)11-7-5-4-6-10(11)12/h8-9H,4-7H2,1-3H3,(H,16,19)(H,20,21)/p-1. The van der Waals surface area contributed by atoms with E-state index in [1.54, 1.807) is 31.1 Å². The van der Waals surface area contributed by atoms with Crippen molar-refractivity contribution in [3.05, 3.63) is 23.3 Å². The van der Waals surface area contributed by atoms with Crippen LogP contribution in [0.2, 0.25) is 0 Å². The molecule has 1 aromatic rings. The first-order valence-corrected chi connectivity index (χ1v) is 7.02. The molecule has 0 heterocycles. The van der Waals surface area contributed by atoms with Gasteiger partial charge in [0.2, 0.25) is 0 Å². The largest absolute Gasteiger partial charge is 0.530 e. The van der Waals surface area contributed by atoms with Gasteiger partial charge in [-0.15, -0.1) is 0 Å². The number of nitrogens with zero attached hydrogens (tertiary/aromatic N) is 2. The van der Waals surface area contributed by atoms with Crippen LogP contribution in [-0.2, 0) is 12.8 Å². The fourth-order valence-corrected chi connectivity index (χ4v) is 2.83. The zero-order valence-corrected chi connectivity index (χ0v) is 12.6. The van der Waals surface area contributed by atoms with Gasteiger partial charge >= 0.3 is 6.03 Å². The molecule has 0 saturated carbocycles. The maximum Gasteiger partial charge on any atom is 0.321 e. The Morgan fingerprint density at radius 1 is 1.05 bits per heavy atom. The van der Waals surface area contributed by atoms with Gasteiger partial charge in [0, 0.05) is 32.5 Å². The highest BCUT2D eigenvalue weighted by Gasteiger charge is 2.22. The van der Waals surface area contributed by atoms with Crippen molar-refractivity contribution in [3.8, 4) is 0 Å². The molecule has 3 amide bonds. The van der Waals surface area contributed by atoms with Gasteiger partial charge in [0.05, 0.1) is 0 Å². The van der Waals surface area contributed by atoms with E-state index in [1.165, 1.54) is 7.05 Å². The summed E-state index contributed by atoms with van der Waals surface area (Å²) in [5.74, 6) is 0. The van der Waals surface area contributed by atoms with Crippen LogP contribution in [0.5, 0.6) is 0 Å². The number of carboxylic acid groups (broad SMARTS) is 1. The van der Waals surface area contributed by atoms with E-state index in [2.05, 4.69) is 5.32 Å². The number of hydrogen-bond donors (Lipinski definition) is 1. The lowest BCUT2D eigenvalue weighted by Gasteiger charge is -2.30. The van der Waals surface area contributed by atoms with E-state index >= 15 is 0 Å².